The highest BCUT2D eigenvalue weighted by Crippen LogP contribution is 2.34. The molecule has 6 heteroatoms. The fourth-order valence-corrected chi connectivity index (χ4v) is 4.57. The molecule has 0 fully saturated rings. The van der Waals surface area contributed by atoms with Crippen molar-refractivity contribution in [2.45, 2.75) is 13.8 Å². The van der Waals surface area contributed by atoms with Gasteiger partial charge in [0, 0.05) is 10.4 Å². The lowest BCUT2D eigenvalue weighted by Gasteiger charge is -2.12. The molecule has 0 atom stereocenters. The Bertz CT molecular complexity index is 1290. The molecule has 31 heavy (non-hydrogen) atoms. The molecule has 4 rings (SSSR count). The normalized spacial score (nSPS) is 10.7. The zero-order valence-corrected chi connectivity index (χ0v) is 18.3. The largest absolute Gasteiger partial charge is 0.495 e. The van der Waals surface area contributed by atoms with Gasteiger partial charge in [0.05, 0.1) is 18.4 Å². The van der Waals surface area contributed by atoms with Crippen molar-refractivity contribution < 1.29 is 14.3 Å². The number of para-hydroxylation sites is 2. The van der Waals surface area contributed by atoms with Crippen LogP contribution in [0.15, 0.2) is 66.7 Å². The minimum absolute atomic E-state index is 0.246. The number of carbonyl (C=O) groups is 2. The number of ether oxygens (including phenoxy) is 1. The van der Waals surface area contributed by atoms with Gasteiger partial charge < -0.3 is 15.4 Å². The Balaban J connectivity index is 1.66. The van der Waals surface area contributed by atoms with E-state index in [2.05, 4.69) is 10.6 Å². The van der Waals surface area contributed by atoms with Gasteiger partial charge in [0.2, 0.25) is 0 Å². The van der Waals surface area contributed by atoms with Gasteiger partial charge in [-0.3, -0.25) is 9.59 Å². The Morgan fingerprint density at radius 1 is 0.839 bits per heavy atom. The number of carbonyl (C=O) groups excluding carboxylic acids is 2. The van der Waals surface area contributed by atoms with Gasteiger partial charge in [-0.15, -0.1) is 11.3 Å². The number of anilines is 2. The average Bonchev–Trinajstić information content (AvgIpc) is 3.06. The summed E-state index contributed by atoms with van der Waals surface area (Å²) in [5.41, 5.74) is 2.44. The van der Waals surface area contributed by atoms with Gasteiger partial charge >= 0.3 is 0 Å². The number of aryl methyl sites for hydroxylation is 1. The molecule has 0 unspecified atom stereocenters. The number of hydrogen-bond donors (Lipinski definition) is 2. The first-order valence-corrected chi connectivity index (χ1v) is 10.6. The number of benzene rings is 3. The summed E-state index contributed by atoms with van der Waals surface area (Å²) in [7, 11) is 1.56. The lowest BCUT2D eigenvalue weighted by molar-refractivity contribution is 0.102. The molecule has 5 nitrogen and oxygen atoms in total. The summed E-state index contributed by atoms with van der Waals surface area (Å²) < 4.78 is 5.33. The van der Waals surface area contributed by atoms with Crippen molar-refractivity contribution in [3.8, 4) is 5.75 Å². The average molecular weight is 431 g/mol. The van der Waals surface area contributed by atoms with Gasteiger partial charge in [0.25, 0.3) is 11.8 Å². The zero-order chi connectivity index (χ0) is 22.0. The third-order valence-corrected chi connectivity index (χ3v) is 6.35. The molecule has 2 amide bonds. The third kappa shape index (κ3) is 4.02. The molecule has 0 aliphatic rings. The fraction of sp³-hybridized carbons (Fsp3) is 0.120. The molecule has 2 N–H and O–H groups in total. The summed E-state index contributed by atoms with van der Waals surface area (Å²) in [5, 5.41) is 8.25. The molecule has 1 aromatic heterocycles. The predicted octanol–water partition coefficient (Wildman–Crippen LogP) is 6.03. The molecule has 0 aliphatic carbocycles. The first-order valence-electron chi connectivity index (χ1n) is 9.83. The van der Waals surface area contributed by atoms with E-state index in [1.165, 1.54) is 11.3 Å². The van der Waals surface area contributed by atoms with Crippen LogP contribution in [0.25, 0.3) is 10.8 Å². The van der Waals surface area contributed by atoms with Crippen LogP contribution < -0.4 is 15.4 Å². The monoisotopic (exact) mass is 430 g/mol. The van der Waals surface area contributed by atoms with Crippen molar-refractivity contribution in [3.05, 3.63) is 88.3 Å². The lowest BCUT2D eigenvalue weighted by atomic mass is 10.0. The Hall–Kier alpha value is -3.64. The van der Waals surface area contributed by atoms with Gasteiger partial charge in [0.15, 0.2) is 0 Å². The van der Waals surface area contributed by atoms with Crippen LogP contribution in [0.1, 0.15) is 31.2 Å². The smallest absolute Gasteiger partial charge is 0.259 e. The molecule has 156 valence electrons. The fourth-order valence-electron chi connectivity index (χ4n) is 3.52. The molecular formula is C25H22N2O3S. The summed E-state index contributed by atoms with van der Waals surface area (Å²) in [4.78, 5) is 27.3. The topological polar surface area (TPSA) is 67.4 Å². The zero-order valence-electron chi connectivity index (χ0n) is 17.5. The maximum atomic E-state index is 13.2. The first-order chi connectivity index (χ1) is 15.0. The lowest BCUT2D eigenvalue weighted by Crippen LogP contribution is -2.18. The third-order valence-electron chi connectivity index (χ3n) is 5.23. The summed E-state index contributed by atoms with van der Waals surface area (Å²) in [5.74, 6) is 0.0331. The van der Waals surface area contributed by atoms with E-state index in [9.17, 15) is 9.59 Å². The van der Waals surface area contributed by atoms with Gasteiger partial charge in [-0.2, -0.15) is 0 Å². The van der Waals surface area contributed by atoms with Crippen molar-refractivity contribution in [2.24, 2.45) is 0 Å². The van der Waals surface area contributed by atoms with Gasteiger partial charge in [-0.05, 0) is 48.4 Å². The van der Waals surface area contributed by atoms with E-state index in [0.29, 0.717) is 27.6 Å². The highest BCUT2D eigenvalue weighted by atomic mass is 32.1. The van der Waals surface area contributed by atoms with Crippen molar-refractivity contribution in [1.82, 2.24) is 0 Å². The Morgan fingerprint density at radius 3 is 2.35 bits per heavy atom. The predicted molar refractivity (Wildman–Crippen MR) is 127 cm³/mol. The molecule has 0 radical (unpaired) electrons. The van der Waals surface area contributed by atoms with Crippen molar-refractivity contribution >= 4 is 44.6 Å². The van der Waals surface area contributed by atoms with E-state index >= 15 is 0 Å². The maximum absolute atomic E-state index is 13.2. The highest BCUT2D eigenvalue weighted by Gasteiger charge is 2.23. The minimum Gasteiger partial charge on any atom is -0.495 e. The number of amides is 2. The van der Waals surface area contributed by atoms with Crippen molar-refractivity contribution in [1.29, 1.82) is 0 Å². The van der Waals surface area contributed by atoms with Crippen LogP contribution in [-0.2, 0) is 0 Å². The second kappa shape index (κ2) is 8.62. The molecule has 0 saturated carbocycles. The molecule has 4 aromatic rings. The Morgan fingerprint density at radius 2 is 1.55 bits per heavy atom. The van der Waals surface area contributed by atoms with E-state index < -0.39 is 0 Å². The van der Waals surface area contributed by atoms with E-state index in [4.69, 9.17) is 4.74 Å². The first kappa shape index (κ1) is 20.6. The molecule has 1 heterocycles. The van der Waals surface area contributed by atoms with Gasteiger partial charge in [-0.1, -0.05) is 48.5 Å². The van der Waals surface area contributed by atoms with E-state index in [-0.39, 0.29) is 11.8 Å². The Labute approximate surface area is 184 Å². The molecule has 3 aromatic carbocycles. The second-order valence-corrected chi connectivity index (χ2v) is 8.35. The van der Waals surface area contributed by atoms with Gasteiger partial charge in [-0.25, -0.2) is 0 Å². The molecule has 0 saturated heterocycles. The van der Waals surface area contributed by atoms with Crippen LogP contribution in [0.4, 0.5) is 10.7 Å². The quantitative estimate of drug-likeness (QED) is 0.406. The van der Waals surface area contributed by atoms with E-state index in [0.717, 1.165) is 21.2 Å². The van der Waals surface area contributed by atoms with Crippen LogP contribution >= 0.6 is 11.3 Å². The SMILES string of the molecule is COc1ccccc1NC(=O)c1c(NC(=O)c2cccc3ccccc23)sc(C)c1C. The standard InChI is InChI=1S/C25H22N2O3S/c1-15-16(2)31-25(22(15)24(29)26-20-13-6-7-14-21(20)30-3)27-23(28)19-12-8-10-17-9-4-5-11-18(17)19/h4-14H,1-3H3,(H,26,29)(H,27,28). The van der Waals surface area contributed by atoms with Crippen LogP contribution in [0.2, 0.25) is 0 Å². The Kier molecular flexibility index (Phi) is 5.73. The number of rotatable bonds is 5. The number of thiophene rings is 1. The van der Waals surface area contributed by atoms with Crippen LogP contribution in [0.5, 0.6) is 5.75 Å². The second-order valence-electron chi connectivity index (χ2n) is 7.12. The molecule has 0 spiro atoms. The number of methoxy groups -OCH3 is 1. The van der Waals surface area contributed by atoms with Crippen LogP contribution in [0, 0.1) is 13.8 Å². The number of fused-ring (bicyclic) bond motifs is 1. The maximum Gasteiger partial charge on any atom is 0.259 e. The highest BCUT2D eigenvalue weighted by molar-refractivity contribution is 7.16. The van der Waals surface area contributed by atoms with Crippen molar-refractivity contribution in [2.75, 3.05) is 17.7 Å². The summed E-state index contributed by atoms with van der Waals surface area (Å²) in [6.45, 7) is 3.82. The van der Waals surface area contributed by atoms with Crippen LogP contribution in [0.3, 0.4) is 0 Å². The number of nitrogens with one attached hydrogen (secondary N) is 2. The van der Waals surface area contributed by atoms with E-state index in [1.54, 1.807) is 25.3 Å². The van der Waals surface area contributed by atoms with Gasteiger partial charge in [0.1, 0.15) is 10.8 Å². The molecule has 0 bridgehead atoms. The number of hydrogen-bond acceptors (Lipinski definition) is 4. The van der Waals surface area contributed by atoms with Crippen LogP contribution in [-0.4, -0.2) is 18.9 Å². The summed E-state index contributed by atoms with van der Waals surface area (Å²) >= 11 is 1.39. The minimum atomic E-state index is -0.292. The summed E-state index contributed by atoms with van der Waals surface area (Å²) in [6, 6.07) is 20.6. The van der Waals surface area contributed by atoms with Crippen molar-refractivity contribution in [3.63, 3.8) is 0 Å². The summed E-state index contributed by atoms with van der Waals surface area (Å²) in [6.07, 6.45) is 0. The van der Waals surface area contributed by atoms with E-state index in [1.807, 2.05) is 62.4 Å². The molecule has 0 aliphatic heterocycles. The molecular weight excluding hydrogens is 408 g/mol.